The average molecular weight is 686 g/mol. The van der Waals surface area contributed by atoms with Gasteiger partial charge < -0.3 is 30.2 Å². The average Bonchev–Trinajstić information content (AvgIpc) is 3.85. The summed E-state index contributed by atoms with van der Waals surface area (Å²) in [4.78, 5) is 52.9. The van der Waals surface area contributed by atoms with E-state index in [1.807, 2.05) is 55.6 Å². The molecule has 4 N–H and O–H groups in total. The Labute approximate surface area is 292 Å². The first-order valence-corrected chi connectivity index (χ1v) is 17.6. The van der Waals surface area contributed by atoms with E-state index >= 15 is 0 Å². The van der Waals surface area contributed by atoms with Crippen molar-refractivity contribution in [3.63, 3.8) is 0 Å². The quantitative estimate of drug-likeness (QED) is 0.0845. The number of para-hydroxylation sites is 1. The predicted octanol–water partition coefficient (Wildman–Crippen LogP) is 7.86. The van der Waals surface area contributed by atoms with Crippen LogP contribution in [0.1, 0.15) is 64.7 Å². The second kappa shape index (κ2) is 14.0. The number of fused-ring (bicyclic) bond motifs is 5. The van der Waals surface area contributed by atoms with Gasteiger partial charge in [0, 0.05) is 64.4 Å². The van der Waals surface area contributed by atoms with Crippen LogP contribution in [0.15, 0.2) is 72.9 Å². The van der Waals surface area contributed by atoms with Crippen molar-refractivity contribution < 1.29 is 19.1 Å². The third-order valence-corrected chi connectivity index (χ3v) is 9.74. The number of nitrogens with one attached hydrogen (secondary N) is 4. The number of carbonyl (C=O) groups excluding carboxylic acids is 3. The number of unbranched alkanes of at least 4 members (excludes halogenated alkanes) is 1. The van der Waals surface area contributed by atoms with Crippen molar-refractivity contribution in [3.05, 3.63) is 95.4 Å². The number of rotatable bonds is 10. The van der Waals surface area contributed by atoms with Gasteiger partial charge in [0.05, 0.1) is 16.7 Å². The maximum absolute atomic E-state index is 14.3. The Balaban J connectivity index is 1.20. The number of ether oxygens (including phenoxy) is 1. The van der Waals surface area contributed by atoms with Gasteiger partial charge in [0.25, 0.3) is 11.8 Å². The molecule has 3 aromatic carbocycles. The third-order valence-electron chi connectivity index (χ3n) is 9.04. The Kier molecular flexibility index (Phi) is 9.15. The number of hydrogen-bond donors (Lipinski definition) is 4. The summed E-state index contributed by atoms with van der Waals surface area (Å²) in [6.45, 7) is 4.95. The first-order valence-electron chi connectivity index (χ1n) is 16.6. The first kappa shape index (κ1) is 32.7. The number of H-pyrrole nitrogens is 2. The Morgan fingerprint density at radius 3 is 2.76 bits per heavy atom. The van der Waals surface area contributed by atoms with Crippen molar-refractivity contribution in [1.82, 2.24) is 20.3 Å². The lowest BCUT2D eigenvalue weighted by Crippen LogP contribution is -2.30. The first-order chi connectivity index (χ1) is 24.4. The highest BCUT2D eigenvalue weighted by Crippen LogP contribution is 2.47. The molecule has 7 rings (SSSR count). The van der Waals surface area contributed by atoms with Crippen LogP contribution in [0.5, 0.6) is 5.75 Å². The van der Waals surface area contributed by atoms with Crippen molar-refractivity contribution in [1.29, 1.82) is 5.26 Å². The van der Waals surface area contributed by atoms with Crippen molar-refractivity contribution in [2.45, 2.75) is 39.0 Å². The van der Waals surface area contributed by atoms with E-state index < -0.39 is 6.09 Å². The van der Waals surface area contributed by atoms with Crippen LogP contribution in [0, 0.1) is 10.7 Å². The molecule has 1 aliphatic heterocycles. The highest BCUT2D eigenvalue weighted by Gasteiger charge is 2.37. The molecule has 0 radical (unpaired) electrons. The topological polar surface area (TPSA) is 156 Å². The molecule has 1 atom stereocenters. The van der Waals surface area contributed by atoms with Crippen molar-refractivity contribution in [2.75, 3.05) is 29.1 Å². The van der Waals surface area contributed by atoms with Crippen molar-refractivity contribution in [3.8, 4) is 11.2 Å². The fraction of sp³-hybridized carbons (Fsp3) is 0.237. The van der Waals surface area contributed by atoms with E-state index in [0.29, 0.717) is 52.9 Å². The third kappa shape index (κ3) is 6.23. The van der Waals surface area contributed by atoms with Gasteiger partial charge in [-0.2, -0.15) is 5.26 Å². The Morgan fingerprint density at radius 1 is 1.08 bits per heavy atom. The van der Waals surface area contributed by atoms with Crippen LogP contribution in [-0.2, 0) is 6.42 Å². The van der Waals surface area contributed by atoms with Crippen LogP contribution in [0.2, 0.25) is 0 Å². The molecule has 1 unspecified atom stereocenters. The number of aryl methyl sites for hydroxylation is 1. The van der Waals surface area contributed by atoms with E-state index in [-0.39, 0.29) is 17.7 Å². The molecule has 4 heterocycles. The molecule has 50 heavy (non-hydrogen) atoms. The van der Waals surface area contributed by atoms with Gasteiger partial charge in [-0.3, -0.25) is 9.59 Å². The lowest BCUT2D eigenvalue weighted by atomic mass is 9.95. The zero-order valence-corrected chi connectivity index (χ0v) is 28.4. The number of aromatic amines is 2. The molecule has 12 heteroatoms. The maximum Gasteiger partial charge on any atom is 0.412 e. The number of nitriles is 1. The van der Waals surface area contributed by atoms with Gasteiger partial charge in [0.15, 0.2) is 5.75 Å². The van der Waals surface area contributed by atoms with E-state index in [1.165, 1.54) is 0 Å². The van der Waals surface area contributed by atoms with Crippen LogP contribution in [0.3, 0.4) is 0 Å². The summed E-state index contributed by atoms with van der Waals surface area (Å²) in [7, 11) is 0. The summed E-state index contributed by atoms with van der Waals surface area (Å²) < 4.78 is 5.83. The maximum atomic E-state index is 14.3. The van der Waals surface area contributed by atoms with Gasteiger partial charge >= 0.3 is 6.09 Å². The summed E-state index contributed by atoms with van der Waals surface area (Å²) in [5.41, 5.74) is 6.02. The van der Waals surface area contributed by atoms with E-state index in [4.69, 9.17) is 4.74 Å². The molecule has 0 spiro atoms. The summed E-state index contributed by atoms with van der Waals surface area (Å²) >= 11 is 1.15. The van der Waals surface area contributed by atoms with Gasteiger partial charge in [-0.15, -0.1) is 0 Å². The molecule has 0 bridgehead atoms. The predicted molar refractivity (Wildman–Crippen MR) is 197 cm³/mol. The Bertz CT molecular complexity index is 2320. The minimum atomic E-state index is -0.560. The second-order valence-corrected chi connectivity index (χ2v) is 13.0. The number of benzene rings is 3. The SMILES string of the molecule is CCCCNC(=O)Oc1cc2c(c3c(CC)c[nH]c13)C(CSC#N)CN2C(=O)c1cc2cc(NC(=O)c3ccc4ccccc4n3)ccc2[nH]1. The van der Waals surface area contributed by atoms with Crippen LogP contribution in [-0.4, -0.2) is 51.7 Å². The van der Waals surface area contributed by atoms with Gasteiger partial charge in [-0.05, 0) is 72.1 Å². The molecule has 0 fully saturated rings. The lowest BCUT2D eigenvalue weighted by Gasteiger charge is -2.18. The zero-order chi connectivity index (χ0) is 34.8. The molecular weight excluding hydrogens is 651 g/mol. The number of hydrogen-bond acceptors (Lipinski definition) is 7. The van der Waals surface area contributed by atoms with Gasteiger partial charge in [0.2, 0.25) is 0 Å². The number of anilines is 2. The minimum Gasteiger partial charge on any atom is -0.408 e. The Morgan fingerprint density at radius 2 is 1.94 bits per heavy atom. The fourth-order valence-electron chi connectivity index (χ4n) is 6.60. The van der Waals surface area contributed by atoms with Crippen LogP contribution >= 0.6 is 11.8 Å². The molecule has 1 aliphatic rings. The van der Waals surface area contributed by atoms with Crippen LogP contribution in [0.25, 0.3) is 32.7 Å². The molecule has 0 saturated carbocycles. The molecule has 3 aromatic heterocycles. The highest BCUT2D eigenvalue weighted by molar-refractivity contribution is 8.03. The zero-order valence-electron chi connectivity index (χ0n) is 27.6. The Hall–Kier alpha value is -5.80. The van der Waals surface area contributed by atoms with Crippen LogP contribution < -0.4 is 20.3 Å². The number of amides is 3. The number of nitrogens with zero attached hydrogens (tertiary/aromatic N) is 3. The molecule has 6 aromatic rings. The van der Waals surface area contributed by atoms with E-state index in [9.17, 15) is 19.6 Å². The number of pyridine rings is 1. The second-order valence-electron chi connectivity index (χ2n) is 12.2. The number of thioether (sulfide) groups is 1. The van der Waals surface area contributed by atoms with Crippen molar-refractivity contribution >= 4 is 73.8 Å². The van der Waals surface area contributed by atoms with E-state index in [1.54, 1.807) is 29.2 Å². The number of thiocyanates is 1. The monoisotopic (exact) mass is 685 g/mol. The van der Waals surface area contributed by atoms with Gasteiger partial charge in [-0.25, -0.2) is 9.78 Å². The van der Waals surface area contributed by atoms with Crippen molar-refractivity contribution in [2.24, 2.45) is 0 Å². The molecule has 0 aliphatic carbocycles. The molecule has 252 valence electrons. The molecule has 11 nitrogen and oxygen atoms in total. The summed E-state index contributed by atoms with van der Waals surface area (Å²) in [5, 5.41) is 19.9. The van der Waals surface area contributed by atoms with E-state index in [0.717, 1.165) is 69.3 Å². The van der Waals surface area contributed by atoms with Gasteiger partial charge in [0.1, 0.15) is 16.8 Å². The lowest BCUT2D eigenvalue weighted by molar-refractivity contribution is 0.0982. The largest absolute Gasteiger partial charge is 0.412 e. The summed E-state index contributed by atoms with van der Waals surface area (Å²) in [6.07, 6.45) is 3.84. The van der Waals surface area contributed by atoms with Crippen LogP contribution in [0.4, 0.5) is 16.2 Å². The fourth-order valence-corrected chi connectivity index (χ4v) is 7.15. The molecule has 0 saturated heterocycles. The summed E-state index contributed by atoms with van der Waals surface area (Å²) in [6, 6.07) is 20.1. The van der Waals surface area contributed by atoms with E-state index in [2.05, 4.69) is 37.9 Å². The normalized spacial score (nSPS) is 13.8. The number of aromatic nitrogens is 3. The van der Waals surface area contributed by atoms with Gasteiger partial charge in [-0.1, -0.05) is 44.5 Å². The molecular formula is C38H35N7O4S. The minimum absolute atomic E-state index is 0.121. The summed E-state index contributed by atoms with van der Waals surface area (Å²) in [5.74, 6) is 0.109. The molecule has 3 amide bonds. The number of carbonyl (C=O) groups is 3. The highest BCUT2D eigenvalue weighted by atomic mass is 32.2. The standard InChI is InChI=1S/C38H35N7O4S/c1-3-5-14-40-38(48)49-32-17-31-33(34-22(4-2)18-41-35(32)34)25(20-50-21-39)19-45(31)37(47)30-16-24-15-26(11-13-28(24)44-30)42-36(46)29-12-10-23-8-6-7-9-27(23)43-29/h6-13,15-18,25,41,44H,3-5,14,19-20H2,1-2H3,(H,40,48)(H,42,46). The smallest absolute Gasteiger partial charge is 0.408 e.